The normalized spacial score (nSPS) is 14.4. The van der Waals surface area contributed by atoms with Gasteiger partial charge in [0.2, 0.25) is 6.10 Å². The third-order valence-corrected chi connectivity index (χ3v) is 5.18. The Hall–Kier alpha value is -3.13. The number of anilines is 1. The fraction of sp³-hybridized carbons (Fsp3) is 0.238. The second kappa shape index (κ2) is 9.38. The van der Waals surface area contributed by atoms with Crippen molar-refractivity contribution in [1.82, 2.24) is 4.90 Å². The molecule has 29 heavy (non-hydrogen) atoms. The van der Waals surface area contributed by atoms with Gasteiger partial charge in [0.25, 0.3) is 11.1 Å². The van der Waals surface area contributed by atoms with Crippen LogP contribution >= 0.6 is 11.8 Å². The summed E-state index contributed by atoms with van der Waals surface area (Å²) in [5.41, 5.74) is 1.38. The number of hydrogen-bond acceptors (Lipinski definition) is 6. The van der Waals surface area contributed by atoms with E-state index in [-0.39, 0.29) is 17.6 Å². The van der Waals surface area contributed by atoms with E-state index in [0.29, 0.717) is 29.1 Å². The first kappa shape index (κ1) is 20.6. The van der Waals surface area contributed by atoms with Crippen molar-refractivity contribution in [2.75, 3.05) is 24.2 Å². The molecule has 0 radical (unpaired) electrons. The summed E-state index contributed by atoms with van der Waals surface area (Å²) < 4.78 is 5.44. The zero-order valence-electron chi connectivity index (χ0n) is 15.8. The third-order valence-electron chi connectivity index (χ3n) is 4.29. The van der Waals surface area contributed by atoms with E-state index in [9.17, 15) is 19.2 Å². The van der Waals surface area contributed by atoms with Crippen LogP contribution in [0.4, 0.5) is 10.5 Å². The lowest BCUT2D eigenvalue weighted by Gasteiger charge is -2.20. The van der Waals surface area contributed by atoms with Gasteiger partial charge in [0, 0.05) is 29.1 Å². The molecule has 8 heteroatoms. The minimum absolute atomic E-state index is 0.125. The van der Waals surface area contributed by atoms with Crippen molar-refractivity contribution < 1.29 is 23.9 Å². The van der Waals surface area contributed by atoms with Crippen LogP contribution < -0.4 is 5.32 Å². The number of carbonyl (C=O) groups excluding carboxylic acids is 4. The van der Waals surface area contributed by atoms with Gasteiger partial charge in [0.05, 0.1) is 0 Å². The fourth-order valence-corrected chi connectivity index (χ4v) is 3.64. The van der Waals surface area contributed by atoms with Gasteiger partial charge in [-0.1, -0.05) is 54.2 Å². The average molecular weight is 412 g/mol. The third kappa shape index (κ3) is 5.45. The molecule has 1 heterocycles. The zero-order chi connectivity index (χ0) is 20.8. The highest BCUT2D eigenvalue weighted by Crippen LogP contribution is 2.22. The topological polar surface area (TPSA) is 92.8 Å². The number of benzene rings is 2. The van der Waals surface area contributed by atoms with E-state index in [1.807, 2.05) is 0 Å². The molecule has 2 aromatic carbocycles. The lowest BCUT2D eigenvalue weighted by Crippen LogP contribution is -2.34. The Kier molecular flexibility index (Phi) is 6.66. The lowest BCUT2D eigenvalue weighted by atomic mass is 10.1. The number of ether oxygens (including phenoxy) is 1. The van der Waals surface area contributed by atoms with Gasteiger partial charge in [-0.25, -0.2) is 0 Å². The Morgan fingerprint density at radius 1 is 1.14 bits per heavy atom. The Morgan fingerprint density at radius 3 is 2.55 bits per heavy atom. The Bertz CT molecular complexity index is 932. The number of ketones is 1. The van der Waals surface area contributed by atoms with Crippen LogP contribution in [0.25, 0.3) is 0 Å². The van der Waals surface area contributed by atoms with Gasteiger partial charge in [-0.05, 0) is 19.1 Å². The van der Waals surface area contributed by atoms with Crippen LogP contribution in [0.1, 0.15) is 28.9 Å². The van der Waals surface area contributed by atoms with Crippen LogP contribution in [-0.4, -0.2) is 46.6 Å². The Labute approximate surface area is 172 Å². The SMILES string of the molecule is CC(=O)c1cccc(NC(=O)[C@H](OC(=O)CN2CCSC2=O)c2ccccc2)c1. The van der Waals surface area contributed by atoms with Crippen molar-refractivity contribution in [1.29, 1.82) is 0 Å². The van der Waals surface area contributed by atoms with E-state index >= 15 is 0 Å². The van der Waals surface area contributed by atoms with Gasteiger partial charge < -0.3 is 15.0 Å². The van der Waals surface area contributed by atoms with Gasteiger partial charge >= 0.3 is 5.97 Å². The maximum atomic E-state index is 12.9. The molecule has 0 aromatic heterocycles. The molecule has 1 atom stereocenters. The summed E-state index contributed by atoms with van der Waals surface area (Å²) in [5.74, 6) is -0.712. The highest BCUT2D eigenvalue weighted by Gasteiger charge is 2.29. The van der Waals surface area contributed by atoms with Crippen molar-refractivity contribution in [2.24, 2.45) is 0 Å². The van der Waals surface area contributed by atoms with E-state index in [4.69, 9.17) is 4.74 Å². The minimum Gasteiger partial charge on any atom is -0.446 e. The second-order valence-electron chi connectivity index (χ2n) is 6.44. The van der Waals surface area contributed by atoms with Crippen molar-refractivity contribution in [3.05, 3.63) is 65.7 Å². The van der Waals surface area contributed by atoms with Crippen LogP contribution in [0.2, 0.25) is 0 Å². The summed E-state index contributed by atoms with van der Waals surface area (Å²) in [4.78, 5) is 49.9. The summed E-state index contributed by atoms with van der Waals surface area (Å²) >= 11 is 1.15. The molecule has 1 aliphatic rings. The maximum absolute atomic E-state index is 12.9. The van der Waals surface area contributed by atoms with E-state index < -0.39 is 18.0 Å². The molecule has 0 spiro atoms. The standard InChI is InChI=1S/C21H20N2O5S/c1-14(24)16-8-5-9-17(12-16)22-20(26)19(15-6-3-2-4-7-15)28-18(25)13-23-10-11-29-21(23)27/h2-9,12,19H,10-11,13H2,1H3,(H,22,26)/t19-/m1/s1. The number of thioether (sulfide) groups is 1. The molecule has 0 aliphatic carbocycles. The van der Waals surface area contributed by atoms with Gasteiger partial charge in [-0.15, -0.1) is 0 Å². The van der Waals surface area contributed by atoms with Crippen LogP contribution in [-0.2, 0) is 14.3 Å². The predicted octanol–water partition coefficient (Wildman–Crippen LogP) is 3.28. The van der Waals surface area contributed by atoms with E-state index in [0.717, 1.165) is 11.8 Å². The summed E-state index contributed by atoms with van der Waals surface area (Å²) in [5, 5.41) is 2.51. The monoisotopic (exact) mass is 412 g/mol. The molecule has 3 rings (SSSR count). The maximum Gasteiger partial charge on any atom is 0.326 e. The number of hydrogen-bond donors (Lipinski definition) is 1. The minimum atomic E-state index is -1.19. The molecule has 150 valence electrons. The number of rotatable bonds is 7. The number of carbonyl (C=O) groups is 4. The number of nitrogens with one attached hydrogen (secondary N) is 1. The van der Waals surface area contributed by atoms with Crippen molar-refractivity contribution >= 4 is 40.3 Å². The lowest BCUT2D eigenvalue weighted by molar-refractivity contribution is -0.155. The second-order valence-corrected chi connectivity index (χ2v) is 7.49. The smallest absolute Gasteiger partial charge is 0.326 e. The molecule has 1 fully saturated rings. The van der Waals surface area contributed by atoms with Gasteiger partial charge in [-0.3, -0.25) is 19.2 Å². The van der Waals surface area contributed by atoms with Gasteiger partial charge in [-0.2, -0.15) is 0 Å². The molecule has 2 aromatic rings. The van der Waals surface area contributed by atoms with Crippen molar-refractivity contribution in [3.8, 4) is 0 Å². The molecule has 2 amide bonds. The highest BCUT2D eigenvalue weighted by atomic mass is 32.2. The van der Waals surface area contributed by atoms with E-state index in [1.165, 1.54) is 11.8 Å². The number of Topliss-reactive ketones (excluding diaryl/α,β-unsaturated/α-hetero) is 1. The molecular formula is C21H20N2O5S. The summed E-state index contributed by atoms with van der Waals surface area (Å²) in [6.07, 6.45) is -1.19. The first-order chi connectivity index (χ1) is 13.9. The number of nitrogens with zero attached hydrogens (tertiary/aromatic N) is 1. The molecule has 0 bridgehead atoms. The van der Waals surface area contributed by atoms with Crippen LogP contribution in [0, 0.1) is 0 Å². The van der Waals surface area contributed by atoms with Crippen LogP contribution in [0.3, 0.4) is 0 Å². The summed E-state index contributed by atoms with van der Waals surface area (Å²) in [7, 11) is 0. The largest absolute Gasteiger partial charge is 0.446 e. The molecule has 0 unspecified atom stereocenters. The molecule has 1 aliphatic heterocycles. The predicted molar refractivity (Wildman–Crippen MR) is 110 cm³/mol. The molecule has 7 nitrogen and oxygen atoms in total. The van der Waals surface area contributed by atoms with Crippen molar-refractivity contribution in [3.63, 3.8) is 0 Å². The molecule has 0 saturated carbocycles. The Morgan fingerprint density at radius 2 is 1.90 bits per heavy atom. The Balaban J connectivity index is 1.75. The first-order valence-corrected chi connectivity index (χ1v) is 10.0. The summed E-state index contributed by atoms with van der Waals surface area (Å²) in [6.45, 7) is 1.70. The van der Waals surface area contributed by atoms with Gasteiger partial charge in [0.1, 0.15) is 6.54 Å². The van der Waals surface area contributed by atoms with Crippen LogP contribution in [0.15, 0.2) is 54.6 Å². The van der Waals surface area contributed by atoms with E-state index in [2.05, 4.69) is 5.32 Å². The number of amides is 2. The number of esters is 1. The fourth-order valence-electron chi connectivity index (χ4n) is 2.82. The van der Waals surface area contributed by atoms with Gasteiger partial charge in [0.15, 0.2) is 5.78 Å². The molecular weight excluding hydrogens is 392 g/mol. The molecule has 1 N–H and O–H groups in total. The first-order valence-electron chi connectivity index (χ1n) is 9.02. The zero-order valence-corrected chi connectivity index (χ0v) is 16.6. The quantitative estimate of drug-likeness (QED) is 0.554. The van der Waals surface area contributed by atoms with Crippen LogP contribution in [0.5, 0.6) is 0 Å². The summed E-state index contributed by atoms with van der Waals surface area (Å²) in [6, 6.07) is 15.1. The van der Waals surface area contributed by atoms with E-state index in [1.54, 1.807) is 54.6 Å². The van der Waals surface area contributed by atoms with Crippen molar-refractivity contribution in [2.45, 2.75) is 13.0 Å². The highest BCUT2D eigenvalue weighted by molar-refractivity contribution is 8.13. The average Bonchev–Trinajstić information content (AvgIpc) is 3.11. The molecule has 1 saturated heterocycles.